The van der Waals surface area contributed by atoms with Gasteiger partial charge in [0.1, 0.15) is 17.9 Å². The molecule has 1 saturated carbocycles. The van der Waals surface area contributed by atoms with Gasteiger partial charge in [-0.15, -0.1) is 0 Å². The van der Waals surface area contributed by atoms with Crippen LogP contribution in [0.15, 0.2) is 30.9 Å². The first-order valence-corrected chi connectivity index (χ1v) is 8.73. The standard InChI is InChI=1S/C18H19FN6O2/c1-10(25-9-23-15-16(20)21-8-22-17(15)25)18(26)24-11-5-6-14(13(19)7-11)27-12-3-2-4-12/h5-10,12H,2-4H2,1H3,(H,24,26)(H2,20,21,22). The zero-order valence-corrected chi connectivity index (χ0v) is 14.7. The maximum absolute atomic E-state index is 14.2. The van der Waals surface area contributed by atoms with Crippen molar-refractivity contribution in [2.45, 2.75) is 38.3 Å². The molecule has 9 heteroatoms. The summed E-state index contributed by atoms with van der Waals surface area (Å²) in [7, 11) is 0. The van der Waals surface area contributed by atoms with Crippen LogP contribution in [-0.4, -0.2) is 31.5 Å². The molecule has 8 nitrogen and oxygen atoms in total. The average Bonchev–Trinajstić information content (AvgIpc) is 3.04. The summed E-state index contributed by atoms with van der Waals surface area (Å²) in [5.41, 5.74) is 7.01. The summed E-state index contributed by atoms with van der Waals surface area (Å²) < 4.78 is 21.4. The normalized spacial score (nSPS) is 15.3. The van der Waals surface area contributed by atoms with Crippen molar-refractivity contribution in [3.8, 4) is 5.75 Å². The number of hydrogen-bond donors (Lipinski definition) is 2. The molecule has 1 unspecified atom stereocenters. The molecule has 4 rings (SSSR count). The van der Waals surface area contributed by atoms with Gasteiger partial charge in [-0.05, 0) is 38.3 Å². The second-order valence-corrected chi connectivity index (χ2v) is 6.56. The Morgan fingerprint density at radius 3 is 2.89 bits per heavy atom. The molecule has 0 radical (unpaired) electrons. The molecular formula is C18H19FN6O2. The number of nitrogen functional groups attached to an aromatic ring is 1. The predicted molar refractivity (Wildman–Crippen MR) is 97.7 cm³/mol. The number of halogens is 1. The molecule has 2 aromatic heterocycles. The lowest BCUT2D eigenvalue weighted by Gasteiger charge is -2.26. The van der Waals surface area contributed by atoms with Crippen LogP contribution in [0.25, 0.3) is 11.2 Å². The SMILES string of the molecule is CC(C(=O)Nc1ccc(OC2CCC2)c(F)c1)n1cnc2c(N)ncnc21. The Morgan fingerprint density at radius 1 is 1.37 bits per heavy atom. The summed E-state index contributed by atoms with van der Waals surface area (Å²) >= 11 is 0. The van der Waals surface area contributed by atoms with Crippen molar-refractivity contribution < 1.29 is 13.9 Å². The molecule has 3 N–H and O–H groups in total. The van der Waals surface area contributed by atoms with Crippen LogP contribution in [0, 0.1) is 5.82 Å². The summed E-state index contributed by atoms with van der Waals surface area (Å²) in [5, 5.41) is 2.70. The molecular weight excluding hydrogens is 351 g/mol. The molecule has 0 aliphatic heterocycles. The van der Waals surface area contributed by atoms with Crippen LogP contribution in [-0.2, 0) is 4.79 Å². The Bertz CT molecular complexity index is 1000. The van der Waals surface area contributed by atoms with E-state index in [2.05, 4.69) is 20.3 Å². The molecule has 1 aliphatic rings. The number of imidazole rings is 1. The zero-order valence-electron chi connectivity index (χ0n) is 14.7. The highest BCUT2D eigenvalue weighted by atomic mass is 19.1. The van der Waals surface area contributed by atoms with Gasteiger partial charge in [-0.2, -0.15) is 0 Å². The van der Waals surface area contributed by atoms with E-state index in [1.807, 2.05) is 0 Å². The highest BCUT2D eigenvalue weighted by Crippen LogP contribution is 2.29. The number of rotatable bonds is 5. The second kappa shape index (κ2) is 6.82. The van der Waals surface area contributed by atoms with Crippen molar-refractivity contribution in [1.82, 2.24) is 19.5 Å². The van der Waals surface area contributed by atoms with Gasteiger partial charge in [0.05, 0.1) is 12.4 Å². The number of benzene rings is 1. The molecule has 1 fully saturated rings. The van der Waals surface area contributed by atoms with Gasteiger partial charge < -0.3 is 20.4 Å². The highest BCUT2D eigenvalue weighted by Gasteiger charge is 2.22. The first kappa shape index (κ1) is 17.2. The molecule has 2 heterocycles. The number of fused-ring (bicyclic) bond motifs is 1. The van der Waals surface area contributed by atoms with E-state index in [0.717, 1.165) is 19.3 Å². The van der Waals surface area contributed by atoms with Crippen molar-refractivity contribution in [3.05, 3.63) is 36.7 Å². The number of carbonyl (C=O) groups is 1. The van der Waals surface area contributed by atoms with Gasteiger partial charge in [-0.25, -0.2) is 19.3 Å². The summed E-state index contributed by atoms with van der Waals surface area (Å²) in [4.78, 5) is 24.7. The first-order chi connectivity index (χ1) is 13.0. The van der Waals surface area contributed by atoms with E-state index in [1.54, 1.807) is 17.6 Å². The van der Waals surface area contributed by atoms with Crippen LogP contribution in [0.2, 0.25) is 0 Å². The van der Waals surface area contributed by atoms with Gasteiger partial charge in [0.25, 0.3) is 0 Å². The number of nitrogens with zero attached hydrogens (tertiary/aromatic N) is 4. The minimum atomic E-state index is -0.627. The van der Waals surface area contributed by atoms with Crippen molar-refractivity contribution in [3.63, 3.8) is 0 Å². The molecule has 3 aromatic rings. The molecule has 1 atom stereocenters. The fourth-order valence-electron chi connectivity index (χ4n) is 2.87. The van der Waals surface area contributed by atoms with Crippen molar-refractivity contribution >= 4 is 28.6 Å². The molecule has 1 aliphatic carbocycles. The van der Waals surface area contributed by atoms with Gasteiger partial charge in [-0.3, -0.25) is 4.79 Å². The van der Waals surface area contributed by atoms with Crippen LogP contribution < -0.4 is 15.8 Å². The topological polar surface area (TPSA) is 108 Å². The minimum absolute atomic E-state index is 0.0870. The number of ether oxygens (including phenoxy) is 1. The van der Waals surface area contributed by atoms with Crippen molar-refractivity contribution in [2.24, 2.45) is 0 Å². The maximum atomic E-state index is 14.2. The molecule has 140 valence electrons. The summed E-state index contributed by atoms with van der Waals surface area (Å²) in [6.07, 6.45) is 5.89. The van der Waals surface area contributed by atoms with Crippen LogP contribution >= 0.6 is 0 Å². The molecule has 27 heavy (non-hydrogen) atoms. The molecule has 0 spiro atoms. The predicted octanol–water partition coefficient (Wildman–Crippen LogP) is 2.68. The number of aromatic nitrogens is 4. The summed E-state index contributed by atoms with van der Waals surface area (Å²) in [6, 6.07) is 3.78. The fraction of sp³-hybridized carbons (Fsp3) is 0.333. The van der Waals surface area contributed by atoms with Gasteiger partial charge >= 0.3 is 0 Å². The highest BCUT2D eigenvalue weighted by molar-refractivity contribution is 5.94. The second-order valence-electron chi connectivity index (χ2n) is 6.56. The fourth-order valence-corrected chi connectivity index (χ4v) is 2.87. The Labute approximate surface area is 154 Å². The van der Waals surface area contributed by atoms with Crippen LogP contribution in [0.1, 0.15) is 32.2 Å². The van der Waals surface area contributed by atoms with Crippen molar-refractivity contribution in [1.29, 1.82) is 0 Å². The zero-order chi connectivity index (χ0) is 19.0. The average molecular weight is 370 g/mol. The molecule has 1 aromatic carbocycles. The van der Waals surface area contributed by atoms with Gasteiger partial charge in [-0.1, -0.05) is 0 Å². The Balaban J connectivity index is 1.49. The number of nitrogens with one attached hydrogen (secondary N) is 1. The van der Waals surface area contributed by atoms with Gasteiger partial charge in [0.15, 0.2) is 23.0 Å². The Hall–Kier alpha value is -3.23. The van der Waals surface area contributed by atoms with E-state index < -0.39 is 11.9 Å². The van der Waals surface area contributed by atoms with E-state index in [0.29, 0.717) is 16.9 Å². The Kier molecular flexibility index (Phi) is 4.35. The van der Waals surface area contributed by atoms with Gasteiger partial charge in [0.2, 0.25) is 5.91 Å². The van der Waals surface area contributed by atoms with Crippen LogP contribution in [0.3, 0.4) is 0 Å². The van der Waals surface area contributed by atoms with E-state index in [9.17, 15) is 9.18 Å². The number of hydrogen-bond acceptors (Lipinski definition) is 6. The number of anilines is 2. The smallest absolute Gasteiger partial charge is 0.247 e. The lowest BCUT2D eigenvalue weighted by molar-refractivity contribution is -0.118. The first-order valence-electron chi connectivity index (χ1n) is 8.73. The van der Waals surface area contributed by atoms with E-state index in [1.165, 1.54) is 24.8 Å². The van der Waals surface area contributed by atoms with Crippen LogP contribution in [0.4, 0.5) is 15.9 Å². The number of carbonyl (C=O) groups excluding carboxylic acids is 1. The summed E-state index contributed by atoms with van der Waals surface area (Å²) in [5.74, 6) is -0.381. The molecule has 1 amide bonds. The number of nitrogens with two attached hydrogens (primary N) is 1. The lowest BCUT2D eigenvalue weighted by atomic mass is 9.96. The Morgan fingerprint density at radius 2 is 2.19 bits per heavy atom. The molecule has 0 saturated heterocycles. The number of amides is 1. The van der Waals surface area contributed by atoms with E-state index in [-0.39, 0.29) is 23.6 Å². The molecule has 0 bridgehead atoms. The minimum Gasteiger partial charge on any atom is -0.487 e. The van der Waals surface area contributed by atoms with Gasteiger partial charge in [0, 0.05) is 11.8 Å². The monoisotopic (exact) mass is 370 g/mol. The van der Waals surface area contributed by atoms with Crippen molar-refractivity contribution in [2.75, 3.05) is 11.1 Å². The third-order valence-electron chi connectivity index (χ3n) is 4.73. The lowest BCUT2D eigenvalue weighted by Crippen LogP contribution is -2.25. The third kappa shape index (κ3) is 3.27. The third-order valence-corrected chi connectivity index (χ3v) is 4.73. The summed E-state index contributed by atoms with van der Waals surface area (Å²) in [6.45, 7) is 1.69. The van der Waals surface area contributed by atoms with E-state index >= 15 is 0 Å². The van der Waals surface area contributed by atoms with E-state index in [4.69, 9.17) is 10.5 Å². The van der Waals surface area contributed by atoms with Crippen LogP contribution in [0.5, 0.6) is 5.75 Å². The largest absolute Gasteiger partial charge is 0.487 e. The quantitative estimate of drug-likeness (QED) is 0.715. The maximum Gasteiger partial charge on any atom is 0.247 e.